The zero-order chi connectivity index (χ0) is 26.7. The molecular weight excluding hydrogens is 509 g/mol. The molecule has 0 aliphatic rings. The zero-order valence-corrected chi connectivity index (χ0v) is 22.5. The van der Waals surface area contributed by atoms with Gasteiger partial charge in [-0.3, -0.25) is 0 Å². The van der Waals surface area contributed by atoms with Crippen molar-refractivity contribution < 1.29 is 27.4 Å². The minimum Gasteiger partial charge on any atom is -0.475 e. The Hall–Kier alpha value is -2.51. The topological polar surface area (TPSA) is 35.5 Å². The molecule has 0 N–H and O–H groups in total. The molecule has 0 radical (unpaired) electrons. The number of hydrogen-bond acceptors (Lipinski definition) is 4. The standard InChI is InChI=1S/C28H30ClF3O3S/c1-6-34-26(33)27(4,5)35-23-12-7-19(16-22(23)29)13-17(2)14-24-18(3)15-25(36-24)20-8-10-21(11-9-20)28(30,31)32/h7-12,15-17H,6,13-14H2,1-5H3. The lowest BCUT2D eigenvalue weighted by Crippen LogP contribution is -2.39. The highest BCUT2D eigenvalue weighted by molar-refractivity contribution is 7.15. The largest absolute Gasteiger partial charge is 0.475 e. The summed E-state index contributed by atoms with van der Waals surface area (Å²) in [5.41, 5.74) is 1.15. The number of carbonyl (C=O) groups excluding carboxylic acids is 1. The molecule has 1 aromatic heterocycles. The van der Waals surface area contributed by atoms with Crippen LogP contribution in [-0.2, 0) is 28.5 Å². The zero-order valence-electron chi connectivity index (χ0n) is 21.0. The Balaban J connectivity index is 1.66. The third kappa shape index (κ3) is 7.04. The number of aryl methyl sites for hydroxylation is 1. The van der Waals surface area contributed by atoms with Gasteiger partial charge in [0.2, 0.25) is 0 Å². The van der Waals surface area contributed by atoms with Gasteiger partial charge in [-0.05, 0) is 93.5 Å². The van der Waals surface area contributed by atoms with Crippen molar-refractivity contribution >= 4 is 28.9 Å². The van der Waals surface area contributed by atoms with Crippen molar-refractivity contribution in [1.29, 1.82) is 0 Å². The highest BCUT2D eigenvalue weighted by atomic mass is 35.5. The van der Waals surface area contributed by atoms with Crippen LogP contribution in [0.5, 0.6) is 5.75 Å². The molecule has 2 aromatic carbocycles. The molecule has 36 heavy (non-hydrogen) atoms. The Kier molecular flexibility index (Phi) is 8.78. The Bertz CT molecular complexity index is 1200. The van der Waals surface area contributed by atoms with Gasteiger partial charge >= 0.3 is 12.1 Å². The van der Waals surface area contributed by atoms with E-state index in [0.29, 0.717) is 16.7 Å². The number of rotatable bonds is 9. The van der Waals surface area contributed by atoms with Crippen LogP contribution in [0, 0.1) is 12.8 Å². The number of alkyl halides is 3. The van der Waals surface area contributed by atoms with Gasteiger partial charge in [0.05, 0.1) is 17.2 Å². The molecule has 1 atom stereocenters. The lowest BCUT2D eigenvalue weighted by molar-refractivity contribution is -0.158. The molecule has 0 aliphatic heterocycles. The third-order valence-electron chi connectivity index (χ3n) is 5.76. The van der Waals surface area contributed by atoms with E-state index in [1.807, 2.05) is 25.1 Å². The smallest absolute Gasteiger partial charge is 0.416 e. The van der Waals surface area contributed by atoms with Crippen molar-refractivity contribution in [3.63, 3.8) is 0 Å². The van der Waals surface area contributed by atoms with Crippen LogP contribution in [0.25, 0.3) is 10.4 Å². The molecule has 1 unspecified atom stereocenters. The van der Waals surface area contributed by atoms with Crippen molar-refractivity contribution in [2.75, 3.05) is 6.61 Å². The highest BCUT2D eigenvalue weighted by Crippen LogP contribution is 2.36. The van der Waals surface area contributed by atoms with E-state index >= 15 is 0 Å². The molecule has 3 aromatic rings. The van der Waals surface area contributed by atoms with E-state index in [-0.39, 0.29) is 6.61 Å². The average Bonchev–Trinajstić information content (AvgIpc) is 3.15. The Morgan fingerprint density at radius 2 is 1.72 bits per heavy atom. The molecular formula is C28H30ClF3O3S. The molecule has 8 heteroatoms. The predicted octanol–water partition coefficient (Wildman–Crippen LogP) is 8.54. The second kappa shape index (κ2) is 11.3. The highest BCUT2D eigenvalue weighted by Gasteiger charge is 2.32. The molecule has 0 amide bonds. The Labute approximate surface area is 219 Å². The van der Waals surface area contributed by atoms with Crippen LogP contribution in [0.3, 0.4) is 0 Å². The van der Waals surface area contributed by atoms with Crippen molar-refractivity contribution in [1.82, 2.24) is 0 Å². The predicted molar refractivity (Wildman–Crippen MR) is 139 cm³/mol. The van der Waals surface area contributed by atoms with Crippen LogP contribution in [-0.4, -0.2) is 18.2 Å². The van der Waals surface area contributed by atoms with Crippen molar-refractivity contribution in [3.05, 3.63) is 75.1 Å². The van der Waals surface area contributed by atoms with Crippen molar-refractivity contribution in [2.45, 2.75) is 59.2 Å². The minimum absolute atomic E-state index is 0.270. The lowest BCUT2D eigenvalue weighted by Gasteiger charge is -2.25. The van der Waals surface area contributed by atoms with Crippen LogP contribution in [0.1, 0.15) is 49.3 Å². The fourth-order valence-electron chi connectivity index (χ4n) is 3.85. The van der Waals surface area contributed by atoms with Crippen LogP contribution in [0.15, 0.2) is 48.5 Å². The number of esters is 1. The summed E-state index contributed by atoms with van der Waals surface area (Å²) < 4.78 is 49.5. The van der Waals surface area contributed by atoms with E-state index in [1.54, 1.807) is 38.2 Å². The van der Waals surface area contributed by atoms with E-state index in [0.717, 1.165) is 46.5 Å². The third-order valence-corrected chi connectivity index (χ3v) is 7.37. The quantitative estimate of drug-likeness (QED) is 0.256. The summed E-state index contributed by atoms with van der Waals surface area (Å²) in [6.07, 6.45) is -2.72. The van der Waals surface area contributed by atoms with Crippen LogP contribution in [0.4, 0.5) is 13.2 Å². The monoisotopic (exact) mass is 538 g/mol. The molecule has 3 nitrogen and oxygen atoms in total. The second-order valence-electron chi connectivity index (χ2n) is 9.40. The maximum absolute atomic E-state index is 12.9. The summed E-state index contributed by atoms with van der Waals surface area (Å²) in [5.74, 6) is 0.267. The number of carbonyl (C=O) groups is 1. The summed E-state index contributed by atoms with van der Waals surface area (Å²) in [6.45, 7) is 9.47. The van der Waals surface area contributed by atoms with Crippen molar-refractivity contribution in [3.8, 4) is 16.2 Å². The number of benzene rings is 2. The number of halogens is 4. The summed E-state index contributed by atoms with van der Waals surface area (Å²) in [6, 6.07) is 12.9. The van der Waals surface area contributed by atoms with Gasteiger partial charge in [-0.15, -0.1) is 11.3 Å². The molecule has 3 rings (SSSR count). The molecule has 0 saturated carbocycles. The first-order chi connectivity index (χ1) is 16.8. The first-order valence-electron chi connectivity index (χ1n) is 11.7. The van der Waals surface area contributed by atoms with E-state index in [9.17, 15) is 18.0 Å². The maximum Gasteiger partial charge on any atom is 0.416 e. The number of ether oxygens (including phenoxy) is 2. The van der Waals surface area contributed by atoms with Gasteiger partial charge in [0, 0.05) is 9.75 Å². The molecule has 0 fully saturated rings. The van der Waals surface area contributed by atoms with E-state index in [4.69, 9.17) is 21.1 Å². The maximum atomic E-state index is 12.9. The Morgan fingerprint density at radius 3 is 2.31 bits per heavy atom. The lowest BCUT2D eigenvalue weighted by atomic mass is 9.96. The van der Waals surface area contributed by atoms with Crippen LogP contribution < -0.4 is 4.74 Å². The molecule has 0 saturated heterocycles. The summed E-state index contributed by atoms with van der Waals surface area (Å²) in [5, 5.41) is 0.425. The first kappa shape index (κ1) is 28.1. The summed E-state index contributed by atoms with van der Waals surface area (Å²) >= 11 is 8.06. The van der Waals surface area contributed by atoms with Crippen molar-refractivity contribution in [2.24, 2.45) is 5.92 Å². The average molecular weight is 539 g/mol. The number of hydrogen-bond donors (Lipinski definition) is 0. The van der Waals surface area contributed by atoms with Crippen LogP contribution in [0.2, 0.25) is 5.02 Å². The second-order valence-corrected chi connectivity index (χ2v) is 10.9. The van der Waals surface area contributed by atoms with E-state index < -0.39 is 23.3 Å². The summed E-state index contributed by atoms with van der Waals surface area (Å²) in [7, 11) is 0. The van der Waals surface area contributed by atoms with Gasteiger partial charge in [-0.2, -0.15) is 13.2 Å². The SMILES string of the molecule is CCOC(=O)C(C)(C)Oc1ccc(CC(C)Cc2sc(-c3ccc(C(F)(F)F)cc3)cc2C)cc1Cl. The fraction of sp³-hybridized carbons (Fsp3) is 0.393. The molecule has 0 bridgehead atoms. The molecule has 194 valence electrons. The molecule has 1 heterocycles. The van der Waals surface area contributed by atoms with E-state index in [1.165, 1.54) is 17.0 Å². The first-order valence-corrected chi connectivity index (χ1v) is 12.9. The van der Waals surface area contributed by atoms with Gasteiger partial charge < -0.3 is 9.47 Å². The Morgan fingerprint density at radius 1 is 1.06 bits per heavy atom. The van der Waals surface area contributed by atoms with E-state index in [2.05, 4.69) is 6.92 Å². The minimum atomic E-state index is -4.34. The van der Waals surface area contributed by atoms with Gasteiger partial charge in [0.15, 0.2) is 5.60 Å². The van der Waals surface area contributed by atoms with Gasteiger partial charge in [-0.1, -0.05) is 36.7 Å². The van der Waals surface area contributed by atoms with Gasteiger partial charge in [-0.25, -0.2) is 4.79 Å². The normalized spacial score (nSPS) is 12.9. The molecule has 0 spiro atoms. The fourth-order valence-corrected chi connectivity index (χ4v) is 5.44. The van der Waals surface area contributed by atoms with Crippen LogP contribution >= 0.6 is 22.9 Å². The van der Waals surface area contributed by atoms with Gasteiger partial charge in [0.25, 0.3) is 0 Å². The number of thiophene rings is 1. The summed E-state index contributed by atoms with van der Waals surface area (Å²) in [4.78, 5) is 14.3. The van der Waals surface area contributed by atoms with Gasteiger partial charge in [0.1, 0.15) is 5.75 Å². The molecule has 0 aliphatic carbocycles.